The van der Waals surface area contributed by atoms with Crippen molar-refractivity contribution in [1.29, 1.82) is 0 Å². The van der Waals surface area contributed by atoms with Gasteiger partial charge in [-0.25, -0.2) is 4.79 Å². The van der Waals surface area contributed by atoms with Gasteiger partial charge in [0.05, 0.1) is 5.52 Å². The van der Waals surface area contributed by atoms with E-state index in [-0.39, 0.29) is 12.3 Å². The third kappa shape index (κ3) is 3.31. The molecule has 2 amide bonds. The highest BCUT2D eigenvalue weighted by atomic mass is 16.4. The Morgan fingerprint density at radius 2 is 1.79 bits per heavy atom. The first kappa shape index (κ1) is 18.0. The first-order valence-electron chi connectivity index (χ1n) is 9.28. The van der Waals surface area contributed by atoms with Crippen LogP contribution in [0.1, 0.15) is 24.0 Å². The number of nitrogens with zero attached hydrogens (tertiary/aromatic N) is 2. The summed E-state index contributed by atoms with van der Waals surface area (Å²) in [5, 5.41) is 0. The van der Waals surface area contributed by atoms with Gasteiger partial charge in [-0.05, 0) is 29.7 Å². The lowest BCUT2D eigenvalue weighted by atomic mass is 9.93. The Balaban J connectivity index is 1.46. The zero-order valence-corrected chi connectivity index (χ0v) is 15.3. The maximum Gasteiger partial charge on any atom is 0.419 e. The van der Waals surface area contributed by atoms with Crippen molar-refractivity contribution in [3.05, 3.63) is 70.2 Å². The van der Waals surface area contributed by atoms with E-state index in [2.05, 4.69) is 0 Å². The monoisotopic (exact) mass is 379 g/mol. The second-order valence-electron chi connectivity index (χ2n) is 7.00. The number of primary amides is 1. The molecule has 1 aromatic heterocycles. The van der Waals surface area contributed by atoms with Crippen LogP contribution < -0.4 is 11.5 Å². The number of rotatable bonds is 5. The van der Waals surface area contributed by atoms with Crippen LogP contribution in [0.4, 0.5) is 0 Å². The third-order valence-electron chi connectivity index (χ3n) is 5.24. The summed E-state index contributed by atoms with van der Waals surface area (Å²) in [4.78, 5) is 38.3. The molecule has 4 rings (SSSR count). The molecule has 0 unspecified atom stereocenters. The van der Waals surface area contributed by atoms with Crippen molar-refractivity contribution in [1.82, 2.24) is 9.47 Å². The molecule has 0 saturated carbocycles. The molecule has 0 aliphatic carbocycles. The van der Waals surface area contributed by atoms with Crippen molar-refractivity contribution < 1.29 is 14.0 Å². The SMILES string of the molecule is NC(=O)[C@@H]1Cc2ccccc2CN1C(=O)CCCn1c(=O)oc2ccccc21. The number of nitrogens with two attached hydrogens (primary N) is 1. The number of fused-ring (bicyclic) bond motifs is 2. The fourth-order valence-electron chi connectivity index (χ4n) is 3.80. The van der Waals surface area contributed by atoms with Crippen LogP contribution in [0.3, 0.4) is 0 Å². The molecule has 0 bridgehead atoms. The number of carbonyl (C=O) groups is 2. The van der Waals surface area contributed by atoms with Crippen LogP contribution in [0.5, 0.6) is 0 Å². The number of oxazole rings is 1. The largest absolute Gasteiger partial charge is 0.419 e. The zero-order chi connectivity index (χ0) is 19.7. The molecule has 1 aliphatic rings. The van der Waals surface area contributed by atoms with Crippen LogP contribution in [0.2, 0.25) is 0 Å². The molecule has 0 spiro atoms. The number of hydrogen-bond donors (Lipinski definition) is 1. The Morgan fingerprint density at radius 1 is 1.07 bits per heavy atom. The molecular weight excluding hydrogens is 358 g/mol. The van der Waals surface area contributed by atoms with E-state index < -0.39 is 17.7 Å². The maximum atomic E-state index is 12.8. The molecule has 2 N–H and O–H groups in total. The molecule has 2 heterocycles. The van der Waals surface area contributed by atoms with Crippen LogP contribution in [-0.2, 0) is 29.1 Å². The first-order valence-corrected chi connectivity index (χ1v) is 9.28. The molecule has 7 heteroatoms. The number of hydrogen-bond acceptors (Lipinski definition) is 4. The van der Waals surface area contributed by atoms with E-state index in [4.69, 9.17) is 10.2 Å². The highest BCUT2D eigenvalue weighted by molar-refractivity contribution is 5.87. The van der Waals surface area contributed by atoms with E-state index >= 15 is 0 Å². The summed E-state index contributed by atoms with van der Waals surface area (Å²) in [6, 6.07) is 14.3. The van der Waals surface area contributed by atoms with Crippen LogP contribution in [-0.4, -0.2) is 27.3 Å². The Labute approximate surface area is 161 Å². The van der Waals surface area contributed by atoms with E-state index in [0.29, 0.717) is 37.0 Å². The summed E-state index contributed by atoms with van der Waals surface area (Å²) in [7, 11) is 0. The molecule has 28 heavy (non-hydrogen) atoms. The van der Waals surface area contributed by atoms with Crippen molar-refractivity contribution >= 4 is 22.9 Å². The smallest absolute Gasteiger partial charge is 0.408 e. The van der Waals surface area contributed by atoms with Crippen LogP contribution in [0.15, 0.2) is 57.7 Å². The van der Waals surface area contributed by atoms with Gasteiger partial charge < -0.3 is 15.1 Å². The fraction of sp³-hybridized carbons (Fsp3) is 0.286. The van der Waals surface area contributed by atoms with Crippen LogP contribution in [0.25, 0.3) is 11.1 Å². The molecule has 0 saturated heterocycles. The lowest BCUT2D eigenvalue weighted by Crippen LogP contribution is -2.51. The van der Waals surface area contributed by atoms with Gasteiger partial charge in [0.1, 0.15) is 6.04 Å². The van der Waals surface area contributed by atoms with Gasteiger partial charge >= 0.3 is 5.76 Å². The molecule has 1 atom stereocenters. The minimum Gasteiger partial charge on any atom is -0.408 e. The van der Waals surface area contributed by atoms with Crippen molar-refractivity contribution in [2.75, 3.05) is 0 Å². The molecule has 1 aliphatic heterocycles. The number of carbonyl (C=O) groups excluding carboxylic acids is 2. The predicted molar refractivity (Wildman–Crippen MR) is 103 cm³/mol. The second-order valence-corrected chi connectivity index (χ2v) is 7.00. The number of para-hydroxylation sites is 2. The van der Waals surface area contributed by atoms with Crippen molar-refractivity contribution in [3.63, 3.8) is 0 Å². The minimum absolute atomic E-state index is 0.140. The minimum atomic E-state index is -0.639. The Hall–Kier alpha value is -3.35. The third-order valence-corrected chi connectivity index (χ3v) is 5.24. The highest BCUT2D eigenvalue weighted by Crippen LogP contribution is 2.24. The van der Waals surface area contributed by atoms with E-state index in [1.807, 2.05) is 36.4 Å². The summed E-state index contributed by atoms with van der Waals surface area (Å²) in [6.45, 7) is 0.741. The number of aromatic nitrogens is 1. The lowest BCUT2D eigenvalue weighted by molar-refractivity contribution is -0.140. The van der Waals surface area contributed by atoms with E-state index in [9.17, 15) is 14.4 Å². The quantitative estimate of drug-likeness (QED) is 0.731. The molecule has 7 nitrogen and oxygen atoms in total. The highest BCUT2D eigenvalue weighted by Gasteiger charge is 2.32. The molecule has 0 radical (unpaired) electrons. The Kier molecular flexibility index (Phi) is 4.73. The molecular formula is C21H21N3O4. The summed E-state index contributed by atoms with van der Waals surface area (Å²) in [6.07, 6.45) is 1.12. The van der Waals surface area contributed by atoms with Crippen LogP contribution in [0, 0.1) is 0 Å². The maximum absolute atomic E-state index is 12.8. The van der Waals surface area contributed by atoms with Gasteiger partial charge in [0.15, 0.2) is 5.58 Å². The molecule has 0 fully saturated rings. The number of amides is 2. The standard InChI is InChI=1S/C21H21N3O4/c22-20(26)17-12-14-6-1-2-7-15(14)13-24(17)19(25)10-5-11-23-16-8-3-4-9-18(16)28-21(23)27/h1-4,6-9,17H,5,10-13H2,(H2,22,26)/t17-/m0/s1. The molecule has 3 aromatic rings. The predicted octanol–water partition coefficient (Wildman–Crippen LogP) is 1.81. The topological polar surface area (TPSA) is 98.5 Å². The van der Waals surface area contributed by atoms with Crippen molar-refractivity contribution in [3.8, 4) is 0 Å². The number of benzene rings is 2. The Morgan fingerprint density at radius 3 is 2.57 bits per heavy atom. The summed E-state index contributed by atoms with van der Waals surface area (Å²) < 4.78 is 6.74. The van der Waals surface area contributed by atoms with Gasteiger partial charge in [-0.1, -0.05) is 36.4 Å². The second kappa shape index (κ2) is 7.34. The molecule has 144 valence electrons. The van der Waals surface area contributed by atoms with Gasteiger partial charge in [0.2, 0.25) is 11.8 Å². The van der Waals surface area contributed by atoms with Gasteiger partial charge in [0.25, 0.3) is 0 Å². The van der Waals surface area contributed by atoms with Crippen molar-refractivity contribution in [2.45, 2.75) is 38.4 Å². The summed E-state index contributed by atoms with van der Waals surface area (Å²) in [5.74, 6) is -1.07. The van der Waals surface area contributed by atoms with Gasteiger partial charge in [0, 0.05) is 25.9 Å². The normalized spacial score (nSPS) is 16.1. The number of aryl methyl sites for hydroxylation is 1. The van der Waals surface area contributed by atoms with Crippen LogP contribution >= 0.6 is 0 Å². The lowest BCUT2D eigenvalue weighted by Gasteiger charge is -2.35. The van der Waals surface area contributed by atoms with Gasteiger partial charge in [-0.3, -0.25) is 14.2 Å². The summed E-state index contributed by atoms with van der Waals surface area (Å²) >= 11 is 0. The Bertz CT molecular complexity index is 1100. The van der Waals surface area contributed by atoms with Gasteiger partial charge in [-0.15, -0.1) is 0 Å². The molecule has 2 aromatic carbocycles. The average Bonchev–Trinajstić information content (AvgIpc) is 3.02. The zero-order valence-electron chi connectivity index (χ0n) is 15.3. The van der Waals surface area contributed by atoms with Gasteiger partial charge in [-0.2, -0.15) is 0 Å². The first-order chi connectivity index (χ1) is 13.5. The van der Waals surface area contributed by atoms with E-state index in [1.165, 1.54) is 4.57 Å². The van der Waals surface area contributed by atoms with Crippen molar-refractivity contribution in [2.24, 2.45) is 5.73 Å². The van der Waals surface area contributed by atoms with E-state index in [0.717, 1.165) is 11.1 Å². The fourth-order valence-corrected chi connectivity index (χ4v) is 3.80. The summed E-state index contributed by atoms with van der Waals surface area (Å²) in [5.41, 5.74) is 8.87. The van der Waals surface area contributed by atoms with E-state index in [1.54, 1.807) is 17.0 Å². The average molecular weight is 379 g/mol.